The number of ketones is 1. The monoisotopic (exact) mass is 263 g/mol. The number of carbonyl (C=O) groups is 1. The lowest BCUT2D eigenvalue weighted by molar-refractivity contribution is -0.140. The summed E-state index contributed by atoms with van der Waals surface area (Å²) in [6.45, 7) is 3.39. The van der Waals surface area contributed by atoms with Gasteiger partial charge in [0.05, 0.1) is 11.6 Å². The minimum absolute atomic E-state index is 0.151. The Balaban J connectivity index is 3.09. The summed E-state index contributed by atoms with van der Waals surface area (Å²) >= 11 is 0. The minimum Gasteiger partial charge on any atom is -0.321 e. The Morgan fingerprint density at radius 2 is 1.83 bits per heavy atom. The van der Waals surface area contributed by atoms with Gasteiger partial charge in [0.2, 0.25) is 0 Å². The van der Waals surface area contributed by atoms with E-state index in [0.717, 1.165) is 6.07 Å². The molecule has 0 aliphatic rings. The third-order valence-electron chi connectivity index (χ3n) is 2.58. The predicted molar refractivity (Wildman–Crippen MR) is 58.5 cm³/mol. The van der Waals surface area contributed by atoms with Crippen LogP contribution in [0.25, 0.3) is 0 Å². The highest BCUT2D eigenvalue weighted by Gasteiger charge is 2.34. The number of nitrogens with two attached hydrogens (primary N) is 1. The first kappa shape index (κ1) is 14.6. The van der Waals surface area contributed by atoms with Crippen molar-refractivity contribution in [3.63, 3.8) is 0 Å². The second-order valence-corrected chi connectivity index (χ2v) is 4.33. The fraction of sp³-hybridized carbons (Fsp3) is 0.417. The number of hydrogen-bond donors (Lipinski definition) is 1. The van der Waals surface area contributed by atoms with Crippen LogP contribution in [0, 0.1) is 11.7 Å². The molecule has 0 aliphatic heterocycles. The summed E-state index contributed by atoms with van der Waals surface area (Å²) < 4.78 is 50.2. The average molecular weight is 263 g/mol. The van der Waals surface area contributed by atoms with Crippen molar-refractivity contribution in [2.45, 2.75) is 26.1 Å². The summed E-state index contributed by atoms with van der Waals surface area (Å²) in [5, 5.41) is 0. The van der Waals surface area contributed by atoms with Gasteiger partial charge in [0, 0.05) is 5.56 Å². The highest BCUT2D eigenvalue weighted by molar-refractivity contribution is 6.00. The molecule has 0 bridgehead atoms. The molecule has 2 nitrogen and oxygen atoms in total. The molecule has 0 amide bonds. The minimum atomic E-state index is -4.77. The van der Waals surface area contributed by atoms with Gasteiger partial charge in [-0.15, -0.1) is 0 Å². The Kier molecular flexibility index (Phi) is 4.11. The second-order valence-electron chi connectivity index (χ2n) is 4.33. The van der Waals surface area contributed by atoms with Crippen LogP contribution in [0.4, 0.5) is 17.6 Å². The van der Waals surface area contributed by atoms with E-state index in [1.165, 1.54) is 0 Å². The second kappa shape index (κ2) is 5.06. The van der Waals surface area contributed by atoms with Crippen molar-refractivity contribution in [2.24, 2.45) is 11.7 Å². The van der Waals surface area contributed by atoms with Crippen LogP contribution >= 0.6 is 0 Å². The first-order valence-corrected chi connectivity index (χ1v) is 5.31. The molecular formula is C12H13F4NO. The lowest BCUT2D eigenvalue weighted by Crippen LogP contribution is -2.35. The van der Waals surface area contributed by atoms with Gasteiger partial charge in [-0.2, -0.15) is 13.2 Å². The quantitative estimate of drug-likeness (QED) is 0.673. The molecule has 100 valence electrons. The van der Waals surface area contributed by atoms with Gasteiger partial charge in [-0.1, -0.05) is 19.9 Å². The fourth-order valence-electron chi connectivity index (χ4n) is 1.39. The van der Waals surface area contributed by atoms with Crippen LogP contribution in [-0.4, -0.2) is 11.8 Å². The third-order valence-corrected chi connectivity index (χ3v) is 2.58. The maximum absolute atomic E-state index is 13.3. The van der Waals surface area contributed by atoms with Crippen LogP contribution in [0.5, 0.6) is 0 Å². The Bertz CT molecular complexity index is 454. The number of alkyl halides is 3. The Morgan fingerprint density at radius 1 is 1.28 bits per heavy atom. The summed E-state index contributed by atoms with van der Waals surface area (Å²) in [5.74, 6) is -2.22. The van der Waals surface area contributed by atoms with Crippen molar-refractivity contribution < 1.29 is 22.4 Å². The maximum Gasteiger partial charge on any atom is 0.419 e. The maximum atomic E-state index is 13.3. The molecule has 0 saturated heterocycles. The number of halogens is 4. The van der Waals surface area contributed by atoms with Crippen LogP contribution in [0.3, 0.4) is 0 Å². The van der Waals surface area contributed by atoms with E-state index in [1.807, 2.05) is 0 Å². The van der Waals surface area contributed by atoms with Crippen LogP contribution < -0.4 is 5.73 Å². The van der Waals surface area contributed by atoms with Gasteiger partial charge >= 0.3 is 6.18 Å². The molecule has 0 radical (unpaired) electrons. The molecule has 0 aliphatic carbocycles. The molecule has 0 spiro atoms. The van der Waals surface area contributed by atoms with E-state index in [1.54, 1.807) is 13.8 Å². The lowest BCUT2D eigenvalue weighted by atomic mass is 9.95. The fourth-order valence-corrected chi connectivity index (χ4v) is 1.39. The molecule has 18 heavy (non-hydrogen) atoms. The topological polar surface area (TPSA) is 43.1 Å². The van der Waals surface area contributed by atoms with Gasteiger partial charge in [0.1, 0.15) is 5.82 Å². The molecule has 6 heteroatoms. The van der Waals surface area contributed by atoms with Gasteiger partial charge < -0.3 is 5.73 Å². The highest BCUT2D eigenvalue weighted by atomic mass is 19.4. The molecule has 1 rings (SSSR count). The summed E-state index contributed by atoms with van der Waals surface area (Å²) in [6.07, 6.45) is -4.77. The van der Waals surface area contributed by atoms with E-state index in [2.05, 4.69) is 0 Å². The molecule has 1 aromatic carbocycles. The molecule has 0 aromatic heterocycles. The predicted octanol–water partition coefficient (Wildman–Crippen LogP) is 3.01. The van der Waals surface area contributed by atoms with Crippen LogP contribution in [0.15, 0.2) is 18.2 Å². The summed E-state index contributed by atoms with van der Waals surface area (Å²) in [4.78, 5) is 11.7. The van der Waals surface area contributed by atoms with Crippen molar-refractivity contribution in [3.8, 4) is 0 Å². The summed E-state index contributed by atoms with van der Waals surface area (Å²) in [6, 6.07) is 1.21. The Labute approximate surface area is 102 Å². The largest absolute Gasteiger partial charge is 0.419 e. The van der Waals surface area contributed by atoms with Crippen molar-refractivity contribution in [1.29, 1.82) is 0 Å². The molecule has 1 aromatic rings. The number of carbonyl (C=O) groups excluding carboxylic acids is 1. The first-order chi connectivity index (χ1) is 8.14. The smallest absolute Gasteiger partial charge is 0.321 e. The average Bonchev–Trinajstić information content (AvgIpc) is 2.24. The van der Waals surface area contributed by atoms with E-state index in [4.69, 9.17) is 5.73 Å². The van der Waals surface area contributed by atoms with Crippen LogP contribution in [-0.2, 0) is 6.18 Å². The van der Waals surface area contributed by atoms with Crippen molar-refractivity contribution >= 4 is 5.78 Å². The highest BCUT2D eigenvalue weighted by Crippen LogP contribution is 2.31. The SMILES string of the molecule is CC(C)C(N)C(=O)c1ccc(C(F)(F)F)c(F)c1. The molecule has 0 fully saturated rings. The Hall–Kier alpha value is -1.43. The van der Waals surface area contributed by atoms with Crippen molar-refractivity contribution in [2.75, 3.05) is 0 Å². The zero-order chi connectivity index (χ0) is 14.1. The van der Waals surface area contributed by atoms with E-state index >= 15 is 0 Å². The first-order valence-electron chi connectivity index (χ1n) is 5.31. The van der Waals surface area contributed by atoms with E-state index in [9.17, 15) is 22.4 Å². The van der Waals surface area contributed by atoms with E-state index in [-0.39, 0.29) is 11.5 Å². The number of benzene rings is 1. The summed E-state index contributed by atoms with van der Waals surface area (Å²) in [5.41, 5.74) is 4.03. The van der Waals surface area contributed by atoms with Gasteiger partial charge in [-0.3, -0.25) is 4.79 Å². The van der Waals surface area contributed by atoms with Crippen LogP contribution in [0.2, 0.25) is 0 Å². The number of rotatable bonds is 3. The zero-order valence-electron chi connectivity index (χ0n) is 9.88. The van der Waals surface area contributed by atoms with Crippen LogP contribution in [0.1, 0.15) is 29.8 Å². The van der Waals surface area contributed by atoms with Gasteiger partial charge in [0.25, 0.3) is 0 Å². The third kappa shape index (κ3) is 3.07. The molecule has 0 heterocycles. The van der Waals surface area contributed by atoms with Crippen molar-refractivity contribution in [1.82, 2.24) is 0 Å². The standard InChI is InChI=1S/C12H13F4NO/c1-6(2)10(17)11(18)7-3-4-8(9(13)5-7)12(14,15)16/h3-6,10H,17H2,1-2H3. The molecule has 2 N–H and O–H groups in total. The molecule has 1 atom stereocenters. The zero-order valence-corrected chi connectivity index (χ0v) is 9.88. The van der Waals surface area contributed by atoms with Gasteiger partial charge in [0.15, 0.2) is 5.78 Å². The van der Waals surface area contributed by atoms with E-state index < -0.39 is 29.4 Å². The van der Waals surface area contributed by atoms with Gasteiger partial charge in [-0.25, -0.2) is 4.39 Å². The van der Waals surface area contributed by atoms with Crippen molar-refractivity contribution in [3.05, 3.63) is 35.1 Å². The van der Waals surface area contributed by atoms with Gasteiger partial charge in [-0.05, 0) is 18.1 Å². The molecule has 0 saturated carbocycles. The molecule has 1 unspecified atom stereocenters. The molecular weight excluding hydrogens is 250 g/mol. The summed E-state index contributed by atoms with van der Waals surface area (Å²) in [7, 11) is 0. The Morgan fingerprint density at radius 3 is 2.22 bits per heavy atom. The number of hydrogen-bond acceptors (Lipinski definition) is 2. The number of Topliss-reactive ketones (excluding diaryl/α,β-unsaturated/α-hetero) is 1. The normalized spacial score (nSPS) is 13.8. The lowest BCUT2D eigenvalue weighted by Gasteiger charge is -2.15. The van der Waals surface area contributed by atoms with E-state index in [0.29, 0.717) is 12.1 Å².